The first-order valence-electron chi connectivity index (χ1n) is 10.0. The molecule has 0 saturated heterocycles. The molecular weight excluding hydrogens is 334 g/mol. The summed E-state index contributed by atoms with van der Waals surface area (Å²) in [5.74, 6) is 0.841. The number of rotatable bonds is 5. The molecule has 1 amide bonds. The van der Waals surface area contributed by atoms with Crippen molar-refractivity contribution in [2.45, 2.75) is 58.5 Å². The number of hydrogen-bond acceptors (Lipinski definition) is 2. The Labute approximate surface area is 162 Å². The van der Waals surface area contributed by atoms with Crippen molar-refractivity contribution in [3.63, 3.8) is 0 Å². The fourth-order valence-corrected chi connectivity index (χ4v) is 4.29. The SMILES string of the molecule is Cc1cccc(C(O)C(=O)NCC2CCC(c3ccc(C)cc3C)CC2)c1. The maximum atomic E-state index is 12.3. The van der Waals surface area contributed by atoms with E-state index >= 15 is 0 Å². The predicted octanol–water partition coefficient (Wildman–Crippen LogP) is 4.74. The highest BCUT2D eigenvalue weighted by atomic mass is 16.3. The molecule has 1 saturated carbocycles. The van der Waals surface area contributed by atoms with Crippen LogP contribution in [0.5, 0.6) is 0 Å². The molecule has 2 N–H and O–H groups in total. The number of aryl methyl sites for hydroxylation is 3. The zero-order valence-corrected chi connectivity index (χ0v) is 16.7. The summed E-state index contributed by atoms with van der Waals surface area (Å²) in [6, 6.07) is 14.3. The van der Waals surface area contributed by atoms with Gasteiger partial charge in [0.1, 0.15) is 0 Å². The molecule has 1 aliphatic rings. The van der Waals surface area contributed by atoms with Gasteiger partial charge in [0, 0.05) is 6.54 Å². The molecule has 0 bridgehead atoms. The van der Waals surface area contributed by atoms with Gasteiger partial charge in [0.25, 0.3) is 5.91 Å². The minimum absolute atomic E-state index is 0.294. The summed E-state index contributed by atoms with van der Waals surface area (Å²) < 4.78 is 0. The van der Waals surface area contributed by atoms with Crippen LogP contribution in [0.15, 0.2) is 42.5 Å². The molecule has 2 aromatic carbocycles. The number of benzene rings is 2. The lowest BCUT2D eigenvalue weighted by atomic mass is 9.77. The second-order valence-corrected chi connectivity index (χ2v) is 8.14. The average molecular weight is 366 g/mol. The van der Waals surface area contributed by atoms with Gasteiger partial charge in [-0.2, -0.15) is 0 Å². The van der Waals surface area contributed by atoms with Crippen LogP contribution in [0.1, 0.15) is 65.5 Å². The van der Waals surface area contributed by atoms with Crippen LogP contribution in [0.4, 0.5) is 0 Å². The Kier molecular flexibility index (Phi) is 6.33. The summed E-state index contributed by atoms with van der Waals surface area (Å²) in [6.07, 6.45) is 3.50. The smallest absolute Gasteiger partial charge is 0.253 e. The lowest BCUT2D eigenvalue weighted by Gasteiger charge is -2.30. The third-order valence-corrected chi connectivity index (χ3v) is 5.88. The lowest BCUT2D eigenvalue weighted by Crippen LogP contribution is -2.34. The van der Waals surface area contributed by atoms with E-state index in [2.05, 4.69) is 37.4 Å². The summed E-state index contributed by atoms with van der Waals surface area (Å²) in [5.41, 5.74) is 5.90. The van der Waals surface area contributed by atoms with Gasteiger partial charge in [-0.1, -0.05) is 53.6 Å². The molecule has 0 radical (unpaired) electrons. The van der Waals surface area contributed by atoms with Crippen LogP contribution in [-0.2, 0) is 4.79 Å². The molecule has 144 valence electrons. The average Bonchev–Trinajstić information content (AvgIpc) is 2.66. The normalized spacial score (nSPS) is 20.9. The van der Waals surface area contributed by atoms with Gasteiger partial charge in [0.05, 0.1) is 0 Å². The van der Waals surface area contributed by atoms with Crippen LogP contribution in [0.3, 0.4) is 0 Å². The maximum Gasteiger partial charge on any atom is 0.253 e. The number of hydrogen-bond donors (Lipinski definition) is 2. The fraction of sp³-hybridized carbons (Fsp3) is 0.458. The van der Waals surface area contributed by atoms with Crippen molar-refractivity contribution in [1.82, 2.24) is 5.32 Å². The van der Waals surface area contributed by atoms with E-state index in [1.807, 2.05) is 25.1 Å². The molecule has 27 heavy (non-hydrogen) atoms. The molecule has 0 heterocycles. The van der Waals surface area contributed by atoms with Gasteiger partial charge in [-0.3, -0.25) is 4.79 Å². The van der Waals surface area contributed by atoms with E-state index in [0.29, 0.717) is 23.9 Å². The van der Waals surface area contributed by atoms with Crippen molar-refractivity contribution < 1.29 is 9.90 Å². The van der Waals surface area contributed by atoms with E-state index in [1.54, 1.807) is 6.07 Å². The molecule has 1 unspecified atom stereocenters. The number of amides is 1. The minimum Gasteiger partial charge on any atom is -0.378 e. The maximum absolute atomic E-state index is 12.3. The second kappa shape index (κ2) is 8.71. The van der Waals surface area contributed by atoms with Gasteiger partial charge < -0.3 is 10.4 Å². The van der Waals surface area contributed by atoms with Crippen molar-refractivity contribution in [2.24, 2.45) is 5.92 Å². The number of nitrogens with one attached hydrogen (secondary N) is 1. The first kappa shape index (κ1) is 19.6. The second-order valence-electron chi connectivity index (χ2n) is 8.14. The minimum atomic E-state index is -1.09. The number of carbonyl (C=O) groups excluding carboxylic acids is 1. The van der Waals surface area contributed by atoms with Gasteiger partial charge in [0.15, 0.2) is 6.10 Å². The summed E-state index contributed by atoms with van der Waals surface area (Å²) in [6.45, 7) is 6.96. The van der Waals surface area contributed by atoms with Crippen molar-refractivity contribution in [2.75, 3.05) is 6.54 Å². The number of carbonyl (C=O) groups is 1. The van der Waals surface area contributed by atoms with Gasteiger partial charge in [0.2, 0.25) is 0 Å². The van der Waals surface area contributed by atoms with Crippen molar-refractivity contribution >= 4 is 5.91 Å². The monoisotopic (exact) mass is 365 g/mol. The van der Waals surface area contributed by atoms with Crippen molar-refractivity contribution in [3.05, 3.63) is 70.3 Å². The van der Waals surface area contributed by atoms with E-state index in [-0.39, 0.29) is 5.91 Å². The molecule has 1 atom stereocenters. The van der Waals surface area contributed by atoms with Gasteiger partial charge >= 0.3 is 0 Å². The summed E-state index contributed by atoms with van der Waals surface area (Å²) in [7, 11) is 0. The third-order valence-electron chi connectivity index (χ3n) is 5.88. The Bertz CT molecular complexity index is 791. The highest BCUT2D eigenvalue weighted by molar-refractivity contribution is 5.81. The van der Waals surface area contributed by atoms with E-state index in [9.17, 15) is 9.90 Å². The van der Waals surface area contributed by atoms with E-state index in [4.69, 9.17) is 0 Å². The standard InChI is InChI=1S/C24H31NO2/c1-16-5-4-6-21(14-16)23(26)24(27)25-15-19-8-10-20(11-9-19)22-12-7-17(2)13-18(22)3/h4-7,12-14,19-20,23,26H,8-11,15H2,1-3H3,(H,25,27). The summed E-state index contributed by atoms with van der Waals surface area (Å²) >= 11 is 0. The van der Waals surface area contributed by atoms with Crippen LogP contribution in [-0.4, -0.2) is 17.6 Å². The highest BCUT2D eigenvalue weighted by Crippen LogP contribution is 2.37. The fourth-order valence-electron chi connectivity index (χ4n) is 4.29. The first-order chi connectivity index (χ1) is 12.9. The van der Waals surface area contributed by atoms with Crippen LogP contribution in [0.25, 0.3) is 0 Å². The molecule has 0 aromatic heterocycles. The quantitative estimate of drug-likeness (QED) is 0.804. The zero-order valence-electron chi connectivity index (χ0n) is 16.7. The molecule has 1 fully saturated rings. The summed E-state index contributed by atoms with van der Waals surface area (Å²) in [5, 5.41) is 13.2. The summed E-state index contributed by atoms with van der Waals surface area (Å²) in [4.78, 5) is 12.3. The Balaban J connectivity index is 1.48. The van der Waals surface area contributed by atoms with Crippen LogP contribution in [0.2, 0.25) is 0 Å². The Morgan fingerprint density at radius 1 is 1.04 bits per heavy atom. The lowest BCUT2D eigenvalue weighted by molar-refractivity contribution is -0.129. The molecule has 3 heteroatoms. The van der Waals surface area contributed by atoms with Crippen LogP contribution < -0.4 is 5.32 Å². The molecule has 0 aliphatic heterocycles. The number of aliphatic hydroxyl groups is 1. The first-order valence-corrected chi connectivity index (χ1v) is 10.0. The molecule has 2 aromatic rings. The Morgan fingerprint density at radius 2 is 1.74 bits per heavy atom. The molecule has 3 nitrogen and oxygen atoms in total. The molecule has 1 aliphatic carbocycles. The van der Waals surface area contributed by atoms with E-state index < -0.39 is 6.10 Å². The van der Waals surface area contributed by atoms with Crippen LogP contribution >= 0.6 is 0 Å². The van der Waals surface area contributed by atoms with Crippen molar-refractivity contribution in [1.29, 1.82) is 0 Å². The van der Waals surface area contributed by atoms with Gasteiger partial charge in [-0.25, -0.2) is 0 Å². The van der Waals surface area contributed by atoms with E-state index in [1.165, 1.54) is 29.5 Å². The molecular formula is C24H31NO2. The van der Waals surface area contributed by atoms with Gasteiger partial charge in [-0.05, 0) is 75.0 Å². The Hall–Kier alpha value is -2.13. The van der Waals surface area contributed by atoms with Crippen LogP contribution in [0, 0.1) is 26.7 Å². The zero-order chi connectivity index (χ0) is 19.4. The molecule has 0 spiro atoms. The molecule has 3 rings (SSSR count). The van der Waals surface area contributed by atoms with Gasteiger partial charge in [-0.15, -0.1) is 0 Å². The van der Waals surface area contributed by atoms with E-state index in [0.717, 1.165) is 18.4 Å². The van der Waals surface area contributed by atoms with Crippen molar-refractivity contribution in [3.8, 4) is 0 Å². The largest absolute Gasteiger partial charge is 0.378 e. The number of aliphatic hydroxyl groups excluding tert-OH is 1. The topological polar surface area (TPSA) is 49.3 Å². The highest BCUT2D eigenvalue weighted by Gasteiger charge is 2.25. The third kappa shape index (κ3) is 4.98. The predicted molar refractivity (Wildman–Crippen MR) is 110 cm³/mol. The Morgan fingerprint density at radius 3 is 2.41 bits per heavy atom.